The second-order valence-corrected chi connectivity index (χ2v) is 8.86. The van der Waals surface area contributed by atoms with Gasteiger partial charge in [-0.2, -0.15) is 0 Å². The predicted octanol–water partition coefficient (Wildman–Crippen LogP) is 3.59. The molecule has 0 aliphatic carbocycles. The molecule has 1 aliphatic rings. The molecule has 0 spiro atoms. The smallest absolute Gasteiger partial charge is 0.343 e. The number of benzene rings is 2. The Bertz CT molecular complexity index is 1120. The molecule has 174 valence electrons. The maximum absolute atomic E-state index is 13.3. The van der Waals surface area contributed by atoms with E-state index in [1.807, 2.05) is 37.3 Å². The number of esters is 1. The normalized spacial score (nSPS) is 15.3. The molecule has 0 fully saturated rings. The summed E-state index contributed by atoms with van der Waals surface area (Å²) in [6.45, 7) is 3.54. The van der Waals surface area contributed by atoms with E-state index in [-0.39, 0.29) is 12.5 Å². The number of aryl methyl sites for hydroxylation is 1. The topological polar surface area (TPSA) is 97.9 Å². The summed E-state index contributed by atoms with van der Waals surface area (Å²) < 4.78 is 16.4. The molecular weight excluding hydrogens is 557 g/mol. The highest BCUT2D eigenvalue weighted by Gasteiger charge is 2.31. The van der Waals surface area contributed by atoms with Gasteiger partial charge in [0.15, 0.2) is 23.2 Å². The lowest BCUT2D eigenvalue weighted by atomic mass is 9.94. The lowest BCUT2D eigenvalue weighted by Gasteiger charge is -2.31. The first-order chi connectivity index (χ1) is 15.7. The minimum Gasteiger partial charge on any atom is -0.493 e. The number of ether oxygens (including phenoxy) is 3. The Kier molecular flexibility index (Phi) is 8.14. The summed E-state index contributed by atoms with van der Waals surface area (Å²) in [7, 11) is 2.80. The van der Waals surface area contributed by atoms with Crippen molar-refractivity contribution < 1.29 is 23.8 Å². The van der Waals surface area contributed by atoms with E-state index in [2.05, 4.69) is 43.3 Å². The minimum atomic E-state index is -0.527. The number of methoxy groups -OCH3 is 2. The predicted molar refractivity (Wildman–Crippen MR) is 137 cm³/mol. The maximum Gasteiger partial charge on any atom is 0.343 e. The van der Waals surface area contributed by atoms with Gasteiger partial charge in [-0.3, -0.25) is 4.79 Å². The third-order valence-corrected chi connectivity index (χ3v) is 5.99. The van der Waals surface area contributed by atoms with Crippen LogP contribution in [-0.2, 0) is 14.3 Å². The zero-order valence-electron chi connectivity index (χ0n) is 18.6. The van der Waals surface area contributed by atoms with Gasteiger partial charge in [-0.15, -0.1) is 0 Å². The number of hydrogen-bond acceptors (Lipinski definition) is 6. The molecule has 2 aromatic carbocycles. The minimum absolute atomic E-state index is 0.249. The van der Waals surface area contributed by atoms with Crippen molar-refractivity contribution in [1.29, 1.82) is 0 Å². The van der Waals surface area contributed by atoms with Crippen molar-refractivity contribution in [2.75, 3.05) is 26.1 Å². The van der Waals surface area contributed by atoms with Gasteiger partial charge in [-0.05, 0) is 78.5 Å². The standard InChI is InChI=1S/C23H24IN3O5S/c1-12-5-7-15(8-6-12)26-22(29)19-13(2)25-23(33)27-20(19)14-9-16(24)21(17(10-14)30-3)32-11-18(28)31-4/h5-10,20H,11H2,1-4H3,(H,26,29)(H2,25,27,33). The number of nitrogens with one attached hydrogen (secondary N) is 3. The van der Waals surface area contributed by atoms with Crippen LogP contribution in [0.2, 0.25) is 0 Å². The van der Waals surface area contributed by atoms with Crippen molar-refractivity contribution >= 4 is 57.5 Å². The molecule has 0 saturated carbocycles. The first-order valence-corrected chi connectivity index (χ1v) is 11.5. The number of halogens is 1. The fraction of sp³-hybridized carbons (Fsp3) is 0.261. The zero-order chi connectivity index (χ0) is 24.1. The number of anilines is 1. The van der Waals surface area contributed by atoms with E-state index in [0.717, 1.165) is 11.1 Å². The Morgan fingerprint density at radius 3 is 2.48 bits per heavy atom. The van der Waals surface area contributed by atoms with Crippen LogP contribution in [0, 0.1) is 10.5 Å². The molecule has 33 heavy (non-hydrogen) atoms. The van der Waals surface area contributed by atoms with Crippen LogP contribution in [0.5, 0.6) is 11.5 Å². The lowest BCUT2D eigenvalue weighted by molar-refractivity contribution is -0.142. The van der Waals surface area contributed by atoms with E-state index in [4.69, 9.17) is 21.7 Å². The highest BCUT2D eigenvalue weighted by atomic mass is 127. The number of thiocarbonyl (C=S) groups is 1. The average molecular weight is 581 g/mol. The van der Waals surface area contributed by atoms with Gasteiger partial charge >= 0.3 is 5.97 Å². The van der Waals surface area contributed by atoms with Crippen molar-refractivity contribution in [3.05, 3.63) is 62.4 Å². The Balaban J connectivity index is 1.96. The second kappa shape index (κ2) is 10.8. The fourth-order valence-corrected chi connectivity index (χ4v) is 4.37. The molecule has 1 amide bonds. The molecule has 0 bridgehead atoms. The van der Waals surface area contributed by atoms with E-state index >= 15 is 0 Å². The summed E-state index contributed by atoms with van der Waals surface area (Å²) in [6.07, 6.45) is 0. The first kappa shape index (κ1) is 24.8. The van der Waals surface area contributed by atoms with Crippen LogP contribution in [0.15, 0.2) is 47.7 Å². The number of hydrogen-bond donors (Lipinski definition) is 3. The largest absolute Gasteiger partial charge is 0.493 e. The van der Waals surface area contributed by atoms with Gasteiger partial charge in [0.05, 0.1) is 29.4 Å². The van der Waals surface area contributed by atoms with Crippen molar-refractivity contribution in [3.8, 4) is 11.5 Å². The molecule has 0 saturated heterocycles. The van der Waals surface area contributed by atoms with E-state index in [0.29, 0.717) is 37.1 Å². The van der Waals surface area contributed by atoms with Gasteiger partial charge in [0.2, 0.25) is 0 Å². The van der Waals surface area contributed by atoms with Gasteiger partial charge in [-0.1, -0.05) is 17.7 Å². The van der Waals surface area contributed by atoms with E-state index in [1.54, 1.807) is 13.0 Å². The van der Waals surface area contributed by atoms with Crippen LogP contribution in [0.3, 0.4) is 0 Å². The fourth-order valence-electron chi connectivity index (χ4n) is 3.32. The Labute approximate surface area is 211 Å². The Hall–Kier alpha value is -2.86. The molecule has 3 N–H and O–H groups in total. The molecule has 10 heteroatoms. The van der Waals surface area contributed by atoms with Crippen LogP contribution in [-0.4, -0.2) is 37.8 Å². The van der Waals surface area contributed by atoms with Crippen LogP contribution < -0.4 is 25.4 Å². The quantitative estimate of drug-likeness (QED) is 0.260. The number of carbonyl (C=O) groups is 2. The molecule has 8 nitrogen and oxygen atoms in total. The molecule has 0 aromatic heterocycles. The summed E-state index contributed by atoms with van der Waals surface area (Å²) in [5.74, 6) is 0.0675. The monoisotopic (exact) mass is 581 g/mol. The van der Waals surface area contributed by atoms with Gasteiger partial charge in [0.25, 0.3) is 5.91 Å². The molecule has 0 radical (unpaired) electrons. The van der Waals surface area contributed by atoms with Crippen LogP contribution in [0.25, 0.3) is 0 Å². The van der Waals surface area contributed by atoms with Crippen molar-refractivity contribution in [2.24, 2.45) is 0 Å². The number of carbonyl (C=O) groups excluding carboxylic acids is 2. The van der Waals surface area contributed by atoms with Gasteiger partial charge in [0, 0.05) is 11.4 Å². The number of allylic oxidation sites excluding steroid dienone is 1. The van der Waals surface area contributed by atoms with Gasteiger partial charge in [0.1, 0.15) is 0 Å². The summed E-state index contributed by atoms with van der Waals surface area (Å²) in [4.78, 5) is 24.8. The lowest BCUT2D eigenvalue weighted by Crippen LogP contribution is -2.45. The van der Waals surface area contributed by atoms with Gasteiger partial charge < -0.3 is 30.2 Å². The summed E-state index contributed by atoms with van der Waals surface area (Å²) in [6, 6.07) is 10.7. The van der Waals surface area contributed by atoms with Crippen molar-refractivity contribution in [3.63, 3.8) is 0 Å². The highest BCUT2D eigenvalue weighted by Crippen LogP contribution is 2.38. The molecule has 3 rings (SSSR count). The van der Waals surface area contributed by atoms with Gasteiger partial charge in [-0.25, -0.2) is 4.79 Å². The summed E-state index contributed by atoms with van der Waals surface area (Å²) in [5.41, 5.74) is 3.68. The third-order valence-electron chi connectivity index (χ3n) is 4.97. The second-order valence-electron chi connectivity index (χ2n) is 7.29. The average Bonchev–Trinajstić information content (AvgIpc) is 2.78. The van der Waals surface area contributed by atoms with E-state index in [1.165, 1.54) is 14.2 Å². The first-order valence-electron chi connectivity index (χ1n) is 9.96. The highest BCUT2D eigenvalue weighted by molar-refractivity contribution is 14.1. The van der Waals surface area contributed by atoms with E-state index in [9.17, 15) is 9.59 Å². The maximum atomic E-state index is 13.3. The molecule has 1 unspecified atom stereocenters. The van der Waals surface area contributed by atoms with Crippen LogP contribution >= 0.6 is 34.8 Å². The molecule has 1 heterocycles. The zero-order valence-corrected chi connectivity index (χ0v) is 21.6. The molecule has 2 aromatic rings. The number of rotatable bonds is 7. The van der Waals surface area contributed by atoms with Crippen LogP contribution in [0.1, 0.15) is 24.1 Å². The molecular formula is C23H24IN3O5S. The number of amides is 1. The Morgan fingerprint density at radius 2 is 1.85 bits per heavy atom. The van der Waals surface area contributed by atoms with Crippen molar-refractivity contribution in [2.45, 2.75) is 19.9 Å². The summed E-state index contributed by atoms with van der Waals surface area (Å²) in [5, 5.41) is 9.56. The Morgan fingerprint density at radius 1 is 1.15 bits per heavy atom. The van der Waals surface area contributed by atoms with Crippen molar-refractivity contribution in [1.82, 2.24) is 10.6 Å². The third kappa shape index (κ3) is 5.93. The molecule has 1 atom stereocenters. The van der Waals surface area contributed by atoms with E-state index < -0.39 is 12.0 Å². The molecule has 1 aliphatic heterocycles. The van der Waals surface area contributed by atoms with Crippen LogP contribution in [0.4, 0.5) is 5.69 Å². The SMILES string of the molecule is COC(=O)COc1c(I)cc(C2NC(=S)NC(C)=C2C(=O)Nc2ccc(C)cc2)cc1OC. The summed E-state index contributed by atoms with van der Waals surface area (Å²) >= 11 is 7.45.